The van der Waals surface area contributed by atoms with Gasteiger partial charge in [-0.15, -0.1) is 21.5 Å². The normalized spacial score (nSPS) is 12.8. The van der Waals surface area contributed by atoms with Gasteiger partial charge in [-0.3, -0.25) is 4.90 Å². The molecule has 4 nitrogen and oxygen atoms in total. The van der Waals surface area contributed by atoms with Crippen molar-refractivity contribution in [2.24, 2.45) is 0 Å². The lowest BCUT2D eigenvalue weighted by Gasteiger charge is -2.18. The number of nitrogens with zero attached hydrogens (tertiary/aromatic N) is 4. The largest absolute Gasteiger partial charge is 0.284 e. The van der Waals surface area contributed by atoms with E-state index < -0.39 is 0 Å². The van der Waals surface area contributed by atoms with Crippen LogP contribution >= 0.6 is 11.3 Å². The fourth-order valence-corrected chi connectivity index (χ4v) is 1.73. The van der Waals surface area contributed by atoms with E-state index in [1.165, 1.54) is 0 Å². The highest BCUT2D eigenvalue weighted by atomic mass is 32.1. The molecule has 1 aromatic heterocycles. The van der Waals surface area contributed by atoms with Gasteiger partial charge in [0, 0.05) is 0 Å². The maximum Gasteiger partial charge on any atom is 0.134 e. The fourth-order valence-electron chi connectivity index (χ4n) is 0.918. The van der Waals surface area contributed by atoms with Crippen molar-refractivity contribution in [2.45, 2.75) is 19.9 Å². The van der Waals surface area contributed by atoms with Crippen molar-refractivity contribution in [3.05, 3.63) is 10.0 Å². The Balaban J connectivity index is 2.68. The lowest BCUT2D eigenvalue weighted by molar-refractivity contribution is 0.291. The third-order valence-electron chi connectivity index (χ3n) is 1.88. The molecule has 1 atom stereocenters. The van der Waals surface area contributed by atoms with Gasteiger partial charge in [0.05, 0.1) is 18.7 Å². The SMILES string of the molecule is Cc1nnc(C(C)N(C)CC#N)s1. The van der Waals surface area contributed by atoms with Crippen molar-refractivity contribution in [1.29, 1.82) is 5.26 Å². The standard InChI is InChI=1S/C8H12N4S/c1-6(12(3)5-4-9)8-11-10-7(2)13-8/h6H,5H2,1-3H3. The van der Waals surface area contributed by atoms with E-state index in [1.807, 2.05) is 25.8 Å². The zero-order valence-corrected chi connectivity index (χ0v) is 8.80. The Kier molecular flexibility index (Phi) is 3.34. The predicted molar refractivity (Wildman–Crippen MR) is 51.3 cm³/mol. The van der Waals surface area contributed by atoms with Gasteiger partial charge < -0.3 is 0 Å². The minimum Gasteiger partial charge on any atom is -0.284 e. The Morgan fingerprint density at radius 2 is 2.31 bits per heavy atom. The van der Waals surface area contributed by atoms with E-state index in [2.05, 4.69) is 16.3 Å². The molecule has 0 radical (unpaired) electrons. The van der Waals surface area contributed by atoms with E-state index in [-0.39, 0.29) is 6.04 Å². The van der Waals surface area contributed by atoms with Crippen LogP contribution in [0, 0.1) is 18.3 Å². The third-order valence-corrected chi connectivity index (χ3v) is 2.89. The maximum absolute atomic E-state index is 8.51. The number of hydrogen-bond acceptors (Lipinski definition) is 5. The van der Waals surface area contributed by atoms with Crippen molar-refractivity contribution in [1.82, 2.24) is 15.1 Å². The van der Waals surface area contributed by atoms with E-state index in [0.717, 1.165) is 10.0 Å². The van der Waals surface area contributed by atoms with E-state index in [1.54, 1.807) is 11.3 Å². The second-order valence-corrected chi connectivity index (χ2v) is 4.12. The van der Waals surface area contributed by atoms with Crippen LogP contribution in [0.1, 0.15) is 23.0 Å². The van der Waals surface area contributed by atoms with E-state index in [4.69, 9.17) is 5.26 Å². The van der Waals surface area contributed by atoms with Crippen LogP contribution in [0.25, 0.3) is 0 Å². The summed E-state index contributed by atoms with van der Waals surface area (Å²) in [7, 11) is 1.91. The molecular formula is C8H12N4S. The molecule has 0 N–H and O–H groups in total. The molecule has 0 saturated heterocycles. The van der Waals surface area contributed by atoms with Crippen LogP contribution in [0.2, 0.25) is 0 Å². The van der Waals surface area contributed by atoms with Gasteiger partial charge in [0.2, 0.25) is 0 Å². The fraction of sp³-hybridized carbons (Fsp3) is 0.625. The molecule has 1 aromatic rings. The topological polar surface area (TPSA) is 52.8 Å². The van der Waals surface area contributed by atoms with Crippen LogP contribution in [0.4, 0.5) is 0 Å². The smallest absolute Gasteiger partial charge is 0.134 e. The van der Waals surface area contributed by atoms with Crippen LogP contribution in [-0.4, -0.2) is 28.7 Å². The average molecular weight is 196 g/mol. The zero-order valence-electron chi connectivity index (χ0n) is 7.98. The highest BCUT2D eigenvalue weighted by Gasteiger charge is 2.14. The maximum atomic E-state index is 8.51. The van der Waals surface area contributed by atoms with Crippen LogP contribution in [-0.2, 0) is 0 Å². The molecule has 5 heteroatoms. The molecule has 13 heavy (non-hydrogen) atoms. The molecule has 0 bridgehead atoms. The van der Waals surface area contributed by atoms with Gasteiger partial charge in [-0.05, 0) is 20.9 Å². The highest BCUT2D eigenvalue weighted by Crippen LogP contribution is 2.21. The summed E-state index contributed by atoms with van der Waals surface area (Å²) in [5.41, 5.74) is 0. The molecule has 0 saturated carbocycles. The quantitative estimate of drug-likeness (QED) is 0.685. The van der Waals surface area contributed by atoms with Gasteiger partial charge >= 0.3 is 0 Å². The summed E-state index contributed by atoms with van der Waals surface area (Å²) in [4.78, 5) is 1.94. The number of aromatic nitrogens is 2. The lowest BCUT2D eigenvalue weighted by Crippen LogP contribution is -2.22. The first kappa shape index (κ1) is 10.1. The minimum atomic E-state index is 0.172. The number of rotatable bonds is 3. The molecule has 0 aromatic carbocycles. The van der Waals surface area contributed by atoms with Gasteiger partial charge in [-0.1, -0.05) is 0 Å². The molecule has 0 spiro atoms. The third kappa shape index (κ3) is 2.47. The van der Waals surface area contributed by atoms with E-state index in [0.29, 0.717) is 6.54 Å². The zero-order chi connectivity index (χ0) is 9.84. The highest BCUT2D eigenvalue weighted by molar-refractivity contribution is 7.11. The van der Waals surface area contributed by atoms with Gasteiger partial charge in [-0.25, -0.2) is 0 Å². The predicted octanol–water partition coefficient (Wildman–Crippen LogP) is 1.36. The summed E-state index contributed by atoms with van der Waals surface area (Å²) in [5.74, 6) is 0. The summed E-state index contributed by atoms with van der Waals surface area (Å²) in [6, 6.07) is 2.28. The summed E-state index contributed by atoms with van der Waals surface area (Å²) < 4.78 is 0. The summed E-state index contributed by atoms with van der Waals surface area (Å²) in [6.45, 7) is 4.37. The minimum absolute atomic E-state index is 0.172. The summed E-state index contributed by atoms with van der Waals surface area (Å²) in [6.07, 6.45) is 0. The molecule has 0 aliphatic rings. The molecule has 0 amide bonds. The second-order valence-electron chi connectivity index (χ2n) is 2.91. The molecule has 1 unspecified atom stereocenters. The Morgan fingerprint density at radius 3 is 2.77 bits per heavy atom. The first-order valence-electron chi connectivity index (χ1n) is 4.02. The molecule has 1 rings (SSSR count). The van der Waals surface area contributed by atoms with Crippen molar-refractivity contribution in [3.63, 3.8) is 0 Å². The Labute approximate surface area is 81.8 Å². The molecule has 0 aliphatic heterocycles. The van der Waals surface area contributed by atoms with Crippen LogP contribution in [0.5, 0.6) is 0 Å². The van der Waals surface area contributed by atoms with Crippen molar-refractivity contribution < 1.29 is 0 Å². The van der Waals surface area contributed by atoms with Crippen molar-refractivity contribution in [2.75, 3.05) is 13.6 Å². The Hall–Kier alpha value is -0.990. The second kappa shape index (κ2) is 4.30. The van der Waals surface area contributed by atoms with Crippen molar-refractivity contribution >= 4 is 11.3 Å². The number of hydrogen-bond donors (Lipinski definition) is 0. The molecular weight excluding hydrogens is 184 g/mol. The molecule has 70 valence electrons. The molecule has 0 aliphatic carbocycles. The Morgan fingerprint density at radius 1 is 1.62 bits per heavy atom. The van der Waals surface area contributed by atoms with Crippen LogP contribution in [0.3, 0.4) is 0 Å². The van der Waals surface area contributed by atoms with E-state index in [9.17, 15) is 0 Å². The number of aryl methyl sites for hydroxylation is 1. The van der Waals surface area contributed by atoms with Gasteiger partial charge in [0.1, 0.15) is 10.0 Å². The Bertz CT molecular complexity index is 314. The first-order chi connectivity index (χ1) is 6.15. The molecule has 1 heterocycles. The van der Waals surface area contributed by atoms with E-state index >= 15 is 0 Å². The number of nitriles is 1. The van der Waals surface area contributed by atoms with Gasteiger partial charge in [0.25, 0.3) is 0 Å². The average Bonchev–Trinajstić information content (AvgIpc) is 2.51. The monoisotopic (exact) mass is 196 g/mol. The lowest BCUT2D eigenvalue weighted by atomic mass is 10.3. The summed E-state index contributed by atoms with van der Waals surface area (Å²) in [5, 5.41) is 18.4. The molecule has 0 fully saturated rings. The first-order valence-corrected chi connectivity index (χ1v) is 4.84. The van der Waals surface area contributed by atoms with Crippen molar-refractivity contribution in [3.8, 4) is 6.07 Å². The van der Waals surface area contributed by atoms with Gasteiger partial charge in [-0.2, -0.15) is 5.26 Å². The van der Waals surface area contributed by atoms with Gasteiger partial charge in [0.15, 0.2) is 0 Å². The van der Waals surface area contributed by atoms with Crippen LogP contribution in [0.15, 0.2) is 0 Å². The summed E-state index contributed by atoms with van der Waals surface area (Å²) >= 11 is 1.58. The van der Waals surface area contributed by atoms with Crippen LogP contribution < -0.4 is 0 Å².